The van der Waals surface area contributed by atoms with Gasteiger partial charge in [0, 0.05) is 6.54 Å². The van der Waals surface area contributed by atoms with Crippen LogP contribution in [0.15, 0.2) is 30.3 Å². The fraction of sp³-hybridized carbons (Fsp3) is 0.609. The predicted molar refractivity (Wildman–Crippen MR) is 117 cm³/mol. The summed E-state index contributed by atoms with van der Waals surface area (Å²) in [6, 6.07) is 8.41. The second-order valence-corrected chi connectivity index (χ2v) is 8.84. The molecule has 9 heteroatoms. The average molecular weight is 451 g/mol. The fourth-order valence-electron chi connectivity index (χ4n) is 3.02. The fourth-order valence-corrected chi connectivity index (χ4v) is 3.02. The summed E-state index contributed by atoms with van der Waals surface area (Å²) < 4.78 is 21.2. The third-order valence-corrected chi connectivity index (χ3v) is 4.54. The Morgan fingerprint density at radius 3 is 2.38 bits per heavy atom. The van der Waals surface area contributed by atoms with Crippen molar-refractivity contribution in [3.8, 4) is 0 Å². The lowest BCUT2D eigenvalue weighted by Crippen LogP contribution is -2.69. The quantitative estimate of drug-likeness (QED) is 0.390. The van der Waals surface area contributed by atoms with Crippen LogP contribution in [0, 0.1) is 0 Å². The zero-order chi connectivity index (χ0) is 23.6. The number of benzene rings is 1. The van der Waals surface area contributed by atoms with E-state index in [-0.39, 0.29) is 39.4 Å². The summed E-state index contributed by atoms with van der Waals surface area (Å²) >= 11 is 0. The zero-order valence-electron chi connectivity index (χ0n) is 19.3. The summed E-state index contributed by atoms with van der Waals surface area (Å²) in [6.07, 6.45) is -0.118. The lowest BCUT2D eigenvalue weighted by molar-refractivity contribution is -0.162. The molecule has 0 bridgehead atoms. The second-order valence-electron chi connectivity index (χ2n) is 8.84. The minimum Gasteiger partial charge on any atom is -0.465 e. The van der Waals surface area contributed by atoms with Crippen LogP contribution in [0.5, 0.6) is 0 Å². The monoisotopic (exact) mass is 450 g/mol. The molecule has 0 unspecified atom stereocenters. The van der Waals surface area contributed by atoms with Gasteiger partial charge in [-0.3, -0.25) is 14.9 Å². The first-order valence-corrected chi connectivity index (χ1v) is 10.8. The summed E-state index contributed by atoms with van der Waals surface area (Å²) in [5, 5.41) is 5.85. The van der Waals surface area contributed by atoms with Gasteiger partial charge in [-0.25, -0.2) is 4.79 Å². The van der Waals surface area contributed by atoms with Crippen molar-refractivity contribution in [3.05, 3.63) is 35.9 Å². The number of esters is 2. The Bertz CT molecular complexity index is 757. The van der Waals surface area contributed by atoms with Gasteiger partial charge in [0.2, 0.25) is 0 Å². The normalized spacial score (nSPS) is 15.8. The van der Waals surface area contributed by atoms with Gasteiger partial charge in [-0.1, -0.05) is 37.3 Å². The van der Waals surface area contributed by atoms with Gasteiger partial charge in [0.1, 0.15) is 18.2 Å². The van der Waals surface area contributed by atoms with Gasteiger partial charge in [-0.15, -0.1) is 0 Å². The van der Waals surface area contributed by atoms with Crippen LogP contribution in [0.3, 0.4) is 0 Å². The summed E-state index contributed by atoms with van der Waals surface area (Å²) in [5.74, 6) is -1.07. The SMILES string of the molecule is CCCOC(=O)[C@@H](CC(=O)OC(C)(C)C)NC1(CNC(=O)OCc2ccccc2)COC1. The van der Waals surface area contributed by atoms with Gasteiger partial charge in [-0.2, -0.15) is 0 Å². The van der Waals surface area contributed by atoms with Gasteiger partial charge in [0.25, 0.3) is 0 Å². The maximum absolute atomic E-state index is 12.6. The van der Waals surface area contributed by atoms with Crippen LogP contribution < -0.4 is 10.6 Å². The van der Waals surface area contributed by atoms with Crippen molar-refractivity contribution in [1.29, 1.82) is 0 Å². The maximum Gasteiger partial charge on any atom is 0.407 e. The van der Waals surface area contributed by atoms with E-state index < -0.39 is 35.2 Å². The summed E-state index contributed by atoms with van der Waals surface area (Å²) in [4.78, 5) is 37.0. The maximum atomic E-state index is 12.6. The molecule has 32 heavy (non-hydrogen) atoms. The van der Waals surface area contributed by atoms with Crippen molar-refractivity contribution in [2.45, 2.75) is 64.3 Å². The Balaban J connectivity index is 1.94. The van der Waals surface area contributed by atoms with Crippen molar-refractivity contribution in [2.24, 2.45) is 0 Å². The van der Waals surface area contributed by atoms with E-state index in [0.29, 0.717) is 6.42 Å². The molecule has 1 atom stereocenters. The molecular weight excluding hydrogens is 416 g/mol. The first kappa shape index (κ1) is 25.6. The first-order valence-electron chi connectivity index (χ1n) is 10.8. The van der Waals surface area contributed by atoms with Gasteiger partial charge >= 0.3 is 18.0 Å². The molecule has 2 N–H and O–H groups in total. The van der Waals surface area contributed by atoms with Crippen LogP contribution in [-0.4, -0.2) is 61.6 Å². The number of hydrogen-bond acceptors (Lipinski definition) is 8. The number of hydrogen-bond donors (Lipinski definition) is 2. The molecule has 1 saturated heterocycles. The molecule has 0 aliphatic carbocycles. The van der Waals surface area contributed by atoms with E-state index in [1.807, 2.05) is 37.3 Å². The first-order chi connectivity index (χ1) is 15.1. The second kappa shape index (κ2) is 11.8. The molecule has 1 aliphatic heterocycles. The molecule has 1 aromatic carbocycles. The molecule has 2 rings (SSSR count). The molecule has 9 nitrogen and oxygen atoms in total. The number of carbonyl (C=O) groups is 3. The highest BCUT2D eigenvalue weighted by molar-refractivity contribution is 5.83. The van der Waals surface area contributed by atoms with Crippen LogP contribution >= 0.6 is 0 Å². The molecule has 1 heterocycles. The molecule has 1 aromatic rings. The van der Waals surface area contributed by atoms with Gasteiger partial charge in [0.05, 0.1) is 31.8 Å². The Kier molecular flexibility index (Phi) is 9.46. The standard InChI is InChI=1S/C23H34N2O7/c1-5-11-30-20(27)18(12-19(26)32-22(2,3)4)25-23(15-29-16-23)14-24-21(28)31-13-17-9-7-6-8-10-17/h6-10,18,25H,5,11-16H2,1-4H3,(H,24,28)/t18-/m1/s1. The molecule has 178 valence electrons. The molecule has 1 amide bonds. The van der Waals surface area contributed by atoms with E-state index >= 15 is 0 Å². The van der Waals surface area contributed by atoms with Gasteiger partial charge in [0.15, 0.2) is 0 Å². The van der Waals surface area contributed by atoms with Crippen LogP contribution in [0.25, 0.3) is 0 Å². The Labute approximate surface area is 189 Å². The molecular formula is C23H34N2O7. The zero-order valence-corrected chi connectivity index (χ0v) is 19.3. The summed E-state index contributed by atoms with van der Waals surface area (Å²) in [6.45, 7) is 8.24. The highest BCUT2D eigenvalue weighted by Gasteiger charge is 2.43. The largest absolute Gasteiger partial charge is 0.465 e. The third-order valence-electron chi connectivity index (χ3n) is 4.54. The Hall–Kier alpha value is -2.65. The number of ether oxygens (including phenoxy) is 4. The van der Waals surface area contributed by atoms with E-state index in [1.54, 1.807) is 20.8 Å². The lowest BCUT2D eigenvalue weighted by atomic mass is 9.95. The highest BCUT2D eigenvalue weighted by atomic mass is 16.6. The van der Waals surface area contributed by atoms with Crippen molar-refractivity contribution in [2.75, 3.05) is 26.4 Å². The number of rotatable bonds is 11. The van der Waals surface area contributed by atoms with E-state index in [4.69, 9.17) is 18.9 Å². The molecule has 0 saturated carbocycles. The minimum atomic E-state index is -0.928. The van der Waals surface area contributed by atoms with Crippen molar-refractivity contribution >= 4 is 18.0 Å². The number of carbonyl (C=O) groups excluding carboxylic acids is 3. The topological polar surface area (TPSA) is 112 Å². The molecule has 1 aliphatic rings. The third kappa shape index (κ3) is 8.84. The number of amides is 1. The van der Waals surface area contributed by atoms with Gasteiger partial charge in [-0.05, 0) is 32.8 Å². The molecule has 1 fully saturated rings. The molecule has 0 radical (unpaired) electrons. The molecule has 0 aromatic heterocycles. The van der Waals surface area contributed by atoms with Gasteiger partial charge < -0.3 is 24.3 Å². The Morgan fingerprint density at radius 1 is 1.12 bits per heavy atom. The number of nitrogens with one attached hydrogen (secondary N) is 2. The lowest BCUT2D eigenvalue weighted by Gasteiger charge is -2.44. The summed E-state index contributed by atoms with van der Waals surface area (Å²) in [5.41, 5.74) is -0.515. The van der Waals surface area contributed by atoms with Crippen LogP contribution in [0.4, 0.5) is 4.79 Å². The summed E-state index contributed by atoms with van der Waals surface area (Å²) in [7, 11) is 0. The van der Waals surface area contributed by atoms with E-state index in [2.05, 4.69) is 10.6 Å². The van der Waals surface area contributed by atoms with E-state index in [1.165, 1.54) is 0 Å². The van der Waals surface area contributed by atoms with Crippen molar-refractivity contribution < 1.29 is 33.3 Å². The van der Waals surface area contributed by atoms with E-state index in [9.17, 15) is 14.4 Å². The Morgan fingerprint density at radius 2 is 1.81 bits per heavy atom. The average Bonchev–Trinajstić information content (AvgIpc) is 2.70. The minimum absolute atomic E-state index is 0.147. The van der Waals surface area contributed by atoms with Crippen molar-refractivity contribution in [1.82, 2.24) is 10.6 Å². The highest BCUT2D eigenvalue weighted by Crippen LogP contribution is 2.19. The smallest absolute Gasteiger partial charge is 0.407 e. The predicted octanol–water partition coefficient (Wildman–Crippen LogP) is 2.33. The van der Waals surface area contributed by atoms with Crippen molar-refractivity contribution in [3.63, 3.8) is 0 Å². The molecule has 0 spiro atoms. The van der Waals surface area contributed by atoms with Crippen LogP contribution in [0.1, 0.15) is 46.1 Å². The number of alkyl carbamates (subject to hydrolysis) is 1. The van der Waals surface area contributed by atoms with E-state index in [0.717, 1.165) is 5.56 Å². The van der Waals surface area contributed by atoms with Crippen LogP contribution in [0.2, 0.25) is 0 Å². The van der Waals surface area contributed by atoms with Crippen LogP contribution in [-0.2, 0) is 35.1 Å².